The van der Waals surface area contributed by atoms with Crippen molar-refractivity contribution in [3.63, 3.8) is 0 Å². The Morgan fingerprint density at radius 3 is 2.31 bits per heavy atom. The van der Waals surface area contributed by atoms with Crippen LogP contribution in [0.2, 0.25) is 0 Å². The lowest BCUT2D eigenvalue weighted by atomic mass is 9.99. The largest absolute Gasteiger partial charge is 0.388 e. The highest BCUT2D eigenvalue weighted by molar-refractivity contribution is 4.89. The molecule has 78 valence electrons. The normalized spacial score (nSPS) is 46.4. The molecule has 1 aliphatic rings. The average Bonchev–Trinajstić information content (AvgIpc) is 2.15. The summed E-state index contributed by atoms with van der Waals surface area (Å²) in [5, 5.41) is 28.0. The highest BCUT2D eigenvalue weighted by Gasteiger charge is 2.43. The van der Waals surface area contributed by atoms with Crippen LogP contribution in [0.3, 0.4) is 0 Å². The predicted molar refractivity (Wildman–Crippen MR) is 42.7 cm³/mol. The molecule has 0 aromatic heterocycles. The second kappa shape index (κ2) is 4.32. The number of rotatable bonds is 2. The number of hydrogen-bond acceptors (Lipinski definition) is 6. The van der Waals surface area contributed by atoms with Crippen molar-refractivity contribution in [2.24, 2.45) is 5.73 Å². The van der Waals surface area contributed by atoms with Crippen molar-refractivity contribution in [3.05, 3.63) is 0 Å². The Balaban J connectivity index is 2.66. The number of hydrogen-bond donors (Lipinski definition) is 4. The van der Waals surface area contributed by atoms with Crippen LogP contribution in [0.4, 0.5) is 0 Å². The van der Waals surface area contributed by atoms with Crippen LogP contribution in [-0.4, -0.2) is 59.7 Å². The molecule has 1 rings (SSSR count). The molecule has 6 heteroatoms. The Labute approximate surface area is 75.9 Å². The predicted octanol–water partition coefficient (Wildman–Crippen LogP) is -2.60. The van der Waals surface area contributed by atoms with Crippen LogP contribution in [0, 0.1) is 0 Å². The molecule has 0 aromatic carbocycles. The van der Waals surface area contributed by atoms with Crippen molar-refractivity contribution < 1.29 is 24.8 Å². The maximum Gasteiger partial charge on any atom is 0.186 e. The molecule has 13 heavy (non-hydrogen) atoms. The van der Waals surface area contributed by atoms with Gasteiger partial charge in [0.1, 0.15) is 24.4 Å². The van der Waals surface area contributed by atoms with Crippen molar-refractivity contribution in [3.8, 4) is 0 Å². The standard InChI is InChI=1S/C7H15NO5/c1-12-7-6(11)5(10)4(9)3(2-8)13-7/h3-7,9-11H,2,8H2,1H3/t3-,4+,5+,6-,7+/m0/s1. The van der Waals surface area contributed by atoms with Gasteiger partial charge in [-0.25, -0.2) is 0 Å². The monoisotopic (exact) mass is 193 g/mol. The van der Waals surface area contributed by atoms with E-state index in [-0.39, 0.29) is 6.54 Å². The number of aliphatic hydroxyl groups is 3. The number of methoxy groups -OCH3 is 1. The molecule has 0 saturated carbocycles. The topological polar surface area (TPSA) is 105 Å². The number of nitrogens with two attached hydrogens (primary N) is 1. The van der Waals surface area contributed by atoms with Gasteiger partial charge in [0, 0.05) is 13.7 Å². The number of aliphatic hydroxyl groups excluding tert-OH is 3. The van der Waals surface area contributed by atoms with E-state index in [1.807, 2.05) is 0 Å². The minimum atomic E-state index is -1.28. The zero-order valence-corrected chi connectivity index (χ0v) is 7.33. The first kappa shape index (κ1) is 10.8. The fraction of sp³-hybridized carbons (Fsp3) is 1.00. The van der Waals surface area contributed by atoms with Crippen molar-refractivity contribution in [2.45, 2.75) is 30.7 Å². The molecule has 1 fully saturated rings. The quantitative estimate of drug-likeness (QED) is 0.383. The van der Waals surface area contributed by atoms with E-state index in [1.54, 1.807) is 0 Å². The van der Waals surface area contributed by atoms with Gasteiger partial charge in [-0.2, -0.15) is 0 Å². The van der Waals surface area contributed by atoms with E-state index >= 15 is 0 Å². The SMILES string of the molecule is CO[C@@H]1O[C@@H](CN)[C@@H](O)[C@@H](O)[C@@H]1O. The molecular weight excluding hydrogens is 178 g/mol. The van der Waals surface area contributed by atoms with Crippen LogP contribution in [-0.2, 0) is 9.47 Å². The first-order valence-electron chi connectivity index (χ1n) is 4.04. The Bertz CT molecular complexity index is 147. The summed E-state index contributed by atoms with van der Waals surface area (Å²) in [7, 11) is 1.34. The summed E-state index contributed by atoms with van der Waals surface area (Å²) in [6.45, 7) is 0.0603. The summed E-state index contributed by atoms with van der Waals surface area (Å²) in [6, 6.07) is 0. The van der Waals surface area contributed by atoms with Crippen molar-refractivity contribution in [1.82, 2.24) is 0 Å². The van der Waals surface area contributed by atoms with Crippen LogP contribution in [0.15, 0.2) is 0 Å². The lowest BCUT2D eigenvalue weighted by Crippen LogP contribution is -2.59. The fourth-order valence-corrected chi connectivity index (χ4v) is 1.31. The minimum Gasteiger partial charge on any atom is -0.388 e. The molecule has 0 aromatic rings. The van der Waals surface area contributed by atoms with E-state index in [4.69, 9.17) is 15.2 Å². The van der Waals surface area contributed by atoms with Crippen LogP contribution in [0.25, 0.3) is 0 Å². The Kier molecular flexibility index (Phi) is 3.60. The second-order valence-electron chi connectivity index (χ2n) is 2.99. The molecule has 5 atom stereocenters. The lowest BCUT2D eigenvalue weighted by molar-refractivity contribution is -0.287. The molecule has 0 unspecified atom stereocenters. The van der Waals surface area contributed by atoms with Gasteiger partial charge in [0.25, 0.3) is 0 Å². The molecule has 6 nitrogen and oxygen atoms in total. The summed E-state index contributed by atoms with van der Waals surface area (Å²) in [5.74, 6) is 0. The zero-order valence-electron chi connectivity index (χ0n) is 7.33. The molecule has 0 aliphatic carbocycles. The molecule has 0 amide bonds. The summed E-state index contributed by atoms with van der Waals surface area (Å²) >= 11 is 0. The maximum absolute atomic E-state index is 9.35. The van der Waals surface area contributed by atoms with Gasteiger partial charge >= 0.3 is 0 Å². The molecule has 0 bridgehead atoms. The smallest absolute Gasteiger partial charge is 0.186 e. The Hall–Kier alpha value is -0.240. The fourth-order valence-electron chi connectivity index (χ4n) is 1.31. The van der Waals surface area contributed by atoms with Gasteiger partial charge in [0.05, 0.1) is 0 Å². The van der Waals surface area contributed by atoms with Crippen LogP contribution >= 0.6 is 0 Å². The van der Waals surface area contributed by atoms with Gasteiger partial charge in [-0.1, -0.05) is 0 Å². The molecular formula is C7H15NO5. The second-order valence-corrected chi connectivity index (χ2v) is 2.99. The first-order valence-corrected chi connectivity index (χ1v) is 4.04. The van der Waals surface area contributed by atoms with Crippen LogP contribution < -0.4 is 5.73 Å². The first-order chi connectivity index (χ1) is 6.11. The summed E-state index contributed by atoms with van der Waals surface area (Å²) < 4.78 is 9.83. The summed E-state index contributed by atoms with van der Waals surface area (Å²) in [5.41, 5.74) is 5.28. The Morgan fingerprint density at radius 2 is 1.85 bits per heavy atom. The van der Waals surface area contributed by atoms with Gasteiger partial charge in [-0.3, -0.25) is 0 Å². The van der Waals surface area contributed by atoms with Crippen molar-refractivity contribution in [1.29, 1.82) is 0 Å². The maximum atomic E-state index is 9.35. The summed E-state index contributed by atoms with van der Waals surface area (Å²) in [4.78, 5) is 0. The molecule has 0 spiro atoms. The molecule has 0 radical (unpaired) electrons. The third-order valence-electron chi connectivity index (χ3n) is 2.13. The zero-order chi connectivity index (χ0) is 10.0. The Morgan fingerprint density at radius 1 is 1.23 bits per heavy atom. The van der Waals surface area contributed by atoms with Gasteiger partial charge in [-0.05, 0) is 0 Å². The van der Waals surface area contributed by atoms with E-state index in [0.717, 1.165) is 0 Å². The van der Waals surface area contributed by atoms with Gasteiger partial charge in [0.15, 0.2) is 6.29 Å². The average molecular weight is 193 g/mol. The van der Waals surface area contributed by atoms with E-state index in [1.165, 1.54) is 7.11 Å². The van der Waals surface area contributed by atoms with Crippen LogP contribution in [0.5, 0.6) is 0 Å². The van der Waals surface area contributed by atoms with Crippen molar-refractivity contribution >= 4 is 0 Å². The minimum absolute atomic E-state index is 0.0603. The van der Waals surface area contributed by atoms with E-state index < -0.39 is 30.7 Å². The van der Waals surface area contributed by atoms with Crippen molar-refractivity contribution in [2.75, 3.05) is 13.7 Å². The highest BCUT2D eigenvalue weighted by Crippen LogP contribution is 2.20. The molecule has 1 aliphatic heterocycles. The van der Waals surface area contributed by atoms with Gasteiger partial charge in [0.2, 0.25) is 0 Å². The van der Waals surface area contributed by atoms with Crippen LogP contribution in [0.1, 0.15) is 0 Å². The molecule has 1 saturated heterocycles. The third-order valence-corrected chi connectivity index (χ3v) is 2.13. The van der Waals surface area contributed by atoms with Gasteiger partial charge in [-0.15, -0.1) is 0 Å². The van der Waals surface area contributed by atoms with E-state index in [2.05, 4.69) is 0 Å². The van der Waals surface area contributed by atoms with E-state index in [9.17, 15) is 15.3 Å². The summed E-state index contributed by atoms with van der Waals surface area (Å²) in [6.07, 6.45) is -5.35. The van der Waals surface area contributed by atoms with E-state index in [0.29, 0.717) is 0 Å². The molecule has 1 heterocycles. The highest BCUT2D eigenvalue weighted by atomic mass is 16.7. The molecule has 5 N–H and O–H groups in total. The van der Waals surface area contributed by atoms with Gasteiger partial charge < -0.3 is 30.5 Å². The lowest BCUT2D eigenvalue weighted by Gasteiger charge is -2.39. The number of ether oxygens (including phenoxy) is 2. The third kappa shape index (κ3) is 1.98.